The van der Waals surface area contributed by atoms with Crippen LogP contribution in [0.4, 0.5) is 0 Å². The Labute approximate surface area is 126 Å². The number of methoxy groups -OCH3 is 1. The maximum Gasteiger partial charge on any atom is 0.230 e. The average molecular weight is 288 g/mol. The van der Waals surface area contributed by atoms with Gasteiger partial charge in [-0.15, -0.1) is 0 Å². The smallest absolute Gasteiger partial charge is 0.230 e. The van der Waals surface area contributed by atoms with Gasteiger partial charge in [-0.3, -0.25) is 4.79 Å². The molecule has 2 N–H and O–H groups in total. The van der Waals surface area contributed by atoms with E-state index in [-0.39, 0.29) is 17.4 Å². The average Bonchev–Trinajstić information content (AvgIpc) is 3.19. The molecule has 1 atom stereocenters. The number of hydrogen-bond acceptors (Lipinski definition) is 3. The lowest BCUT2D eigenvalue weighted by molar-refractivity contribution is -0.127. The van der Waals surface area contributed by atoms with Crippen molar-refractivity contribution >= 4 is 5.91 Å². The van der Waals surface area contributed by atoms with Crippen molar-refractivity contribution in [1.29, 1.82) is 0 Å². The molecule has 1 aliphatic carbocycles. The monoisotopic (exact) mass is 288 g/mol. The van der Waals surface area contributed by atoms with E-state index in [2.05, 4.69) is 16.7 Å². The fourth-order valence-electron chi connectivity index (χ4n) is 3.65. The summed E-state index contributed by atoms with van der Waals surface area (Å²) in [7, 11) is 1.67. The lowest BCUT2D eigenvalue weighted by Gasteiger charge is -2.30. The van der Waals surface area contributed by atoms with E-state index in [9.17, 15) is 4.79 Å². The first-order valence-electron chi connectivity index (χ1n) is 7.91. The van der Waals surface area contributed by atoms with E-state index in [0.29, 0.717) is 0 Å². The fourth-order valence-corrected chi connectivity index (χ4v) is 3.65. The van der Waals surface area contributed by atoms with Crippen LogP contribution in [0.1, 0.15) is 37.7 Å². The van der Waals surface area contributed by atoms with Crippen LogP contribution in [0, 0.1) is 0 Å². The van der Waals surface area contributed by atoms with Gasteiger partial charge in [-0.05, 0) is 43.5 Å². The lowest BCUT2D eigenvalue weighted by atomic mass is 9.77. The summed E-state index contributed by atoms with van der Waals surface area (Å²) in [5, 5.41) is 6.56. The Morgan fingerprint density at radius 1 is 1.38 bits per heavy atom. The number of carbonyl (C=O) groups is 1. The summed E-state index contributed by atoms with van der Waals surface area (Å²) < 4.78 is 5.33. The minimum Gasteiger partial charge on any atom is -0.497 e. The van der Waals surface area contributed by atoms with E-state index < -0.39 is 0 Å². The van der Waals surface area contributed by atoms with Crippen LogP contribution in [0.15, 0.2) is 24.3 Å². The van der Waals surface area contributed by atoms with Gasteiger partial charge in [0.15, 0.2) is 0 Å². The normalized spacial score (nSPS) is 24.0. The molecule has 2 aliphatic rings. The van der Waals surface area contributed by atoms with E-state index in [1.54, 1.807) is 7.11 Å². The van der Waals surface area contributed by atoms with Crippen LogP contribution in [-0.2, 0) is 10.2 Å². The molecule has 1 aromatic rings. The van der Waals surface area contributed by atoms with E-state index in [4.69, 9.17) is 4.74 Å². The molecule has 0 aromatic heterocycles. The minimum absolute atomic E-state index is 0.196. The van der Waals surface area contributed by atoms with Crippen molar-refractivity contribution in [2.24, 2.45) is 0 Å². The fraction of sp³-hybridized carbons (Fsp3) is 0.588. The molecule has 4 heteroatoms. The van der Waals surface area contributed by atoms with Crippen molar-refractivity contribution in [2.75, 3.05) is 20.2 Å². The molecule has 1 saturated heterocycles. The number of ether oxygens (including phenoxy) is 1. The van der Waals surface area contributed by atoms with Crippen LogP contribution in [0.2, 0.25) is 0 Å². The van der Waals surface area contributed by atoms with Crippen LogP contribution in [0.5, 0.6) is 5.75 Å². The molecule has 1 saturated carbocycles. The third kappa shape index (κ3) is 2.77. The standard InChI is InChI=1S/C17H24N2O2/c1-21-15-6-4-5-13(11-15)17(8-2-3-9-17)16(20)19-14-7-10-18-12-14/h4-6,11,14,18H,2-3,7-10,12H2,1H3,(H,19,20). The second-order valence-corrected chi connectivity index (χ2v) is 6.18. The molecule has 1 heterocycles. The Morgan fingerprint density at radius 2 is 2.19 bits per heavy atom. The summed E-state index contributed by atoms with van der Waals surface area (Å²) in [6.45, 7) is 1.89. The number of benzene rings is 1. The van der Waals surface area contributed by atoms with Crippen molar-refractivity contribution in [1.82, 2.24) is 10.6 Å². The summed E-state index contributed by atoms with van der Waals surface area (Å²) in [5.74, 6) is 1.02. The number of rotatable bonds is 4. The van der Waals surface area contributed by atoms with Gasteiger partial charge in [0.1, 0.15) is 5.75 Å². The molecular formula is C17H24N2O2. The summed E-state index contributed by atoms with van der Waals surface area (Å²) in [4.78, 5) is 12.9. The highest BCUT2D eigenvalue weighted by Gasteiger charge is 2.43. The molecule has 2 fully saturated rings. The maximum atomic E-state index is 12.9. The first-order chi connectivity index (χ1) is 10.2. The van der Waals surface area contributed by atoms with Crippen LogP contribution < -0.4 is 15.4 Å². The molecule has 1 amide bonds. The van der Waals surface area contributed by atoms with Crippen molar-refractivity contribution in [3.05, 3.63) is 29.8 Å². The summed E-state index contributed by atoms with van der Waals surface area (Å²) in [6.07, 6.45) is 5.14. The van der Waals surface area contributed by atoms with Crippen LogP contribution >= 0.6 is 0 Å². The largest absolute Gasteiger partial charge is 0.497 e. The van der Waals surface area contributed by atoms with Crippen LogP contribution in [0.25, 0.3) is 0 Å². The second kappa shape index (κ2) is 6.06. The molecular weight excluding hydrogens is 264 g/mol. The molecule has 3 rings (SSSR count). The predicted octanol–water partition coefficient (Wildman–Crippen LogP) is 1.99. The van der Waals surface area contributed by atoms with E-state index >= 15 is 0 Å². The Hall–Kier alpha value is -1.55. The zero-order valence-corrected chi connectivity index (χ0v) is 12.7. The molecule has 4 nitrogen and oxygen atoms in total. The first-order valence-corrected chi connectivity index (χ1v) is 7.91. The van der Waals surface area contributed by atoms with Gasteiger partial charge < -0.3 is 15.4 Å². The van der Waals surface area contributed by atoms with Gasteiger partial charge in [0.25, 0.3) is 0 Å². The second-order valence-electron chi connectivity index (χ2n) is 6.18. The first kappa shape index (κ1) is 14.4. The molecule has 1 unspecified atom stereocenters. The van der Waals surface area contributed by atoms with Crippen molar-refractivity contribution in [3.8, 4) is 5.75 Å². The number of carbonyl (C=O) groups excluding carboxylic acids is 1. The maximum absolute atomic E-state index is 12.9. The quantitative estimate of drug-likeness (QED) is 0.891. The van der Waals surface area contributed by atoms with E-state index in [1.807, 2.05) is 18.2 Å². The molecule has 0 spiro atoms. The van der Waals surface area contributed by atoms with Crippen LogP contribution in [0.3, 0.4) is 0 Å². The number of nitrogens with one attached hydrogen (secondary N) is 2. The van der Waals surface area contributed by atoms with Gasteiger partial charge in [0.05, 0.1) is 12.5 Å². The highest BCUT2D eigenvalue weighted by molar-refractivity contribution is 5.89. The predicted molar refractivity (Wildman–Crippen MR) is 82.6 cm³/mol. The van der Waals surface area contributed by atoms with Crippen molar-refractivity contribution < 1.29 is 9.53 Å². The van der Waals surface area contributed by atoms with Gasteiger partial charge >= 0.3 is 0 Å². The zero-order valence-electron chi connectivity index (χ0n) is 12.7. The Bertz CT molecular complexity index is 503. The van der Waals surface area contributed by atoms with Gasteiger partial charge in [-0.2, -0.15) is 0 Å². The van der Waals surface area contributed by atoms with Gasteiger partial charge in [-0.25, -0.2) is 0 Å². The number of amides is 1. The summed E-state index contributed by atoms with van der Waals surface area (Å²) in [5.41, 5.74) is 0.736. The molecule has 21 heavy (non-hydrogen) atoms. The molecule has 1 aromatic carbocycles. The van der Waals surface area contributed by atoms with E-state index in [1.165, 1.54) is 0 Å². The minimum atomic E-state index is -0.364. The Morgan fingerprint density at radius 3 is 2.86 bits per heavy atom. The van der Waals surface area contributed by atoms with Gasteiger partial charge in [-0.1, -0.05) is 25.0 Å². The van der Waals surface area contributed by atoms with Crippen molar-refractivity contribution in [3.63, 3.8) is 0 Å². The molecule has 0 radical (unpaired) electrons. The summed E-state index contributed by atoms with van der Waals surface area (Å²) in [6, 6.07) is 8.29. The van der Waals surface area contributed by atoms with Gasteiger partial charge in [0.2, 0.25) is 5.91 Å². The van der Waals surface area contributed by atoms with Gasteiger partial charge in [0, 0.05) is 12.6 Å². The third-order valence-corrected chi connectivity index (χ3v) is 4.91. The SMILES string of the molecule is COc1cccc(C2(C(=O)NC3CCNC3)CCCC2)c1. The Balaban J connectivity index is 1.85. The zero-order chi connectivity index (χ0) is 14.7. The third-order valence-electron chi connectivity index (χ3n) is 4.91. The highest BCUT2D eigenvalue weighted by atomic mass is 16.5. The lowest BCUT2D eigenvalue weighted by Crippen LogP contribution is -2.47. The molecule has 114 valence electrons. The van der Waals surface area contributed by atoms with Crippen LogP contribution in [-0.4, -0.2) is 32.1 Å². The highest BCUT2D eigenvalue weighted by Crippen LogP contribution is 2.42. The summed E-state index contributed by atoms with van der Waals surface area (Å²) >= 11 is 0. The Kier molecular flexibility index (Phi) is 4.15. The topological polar surface area (TPSA) is 50.4 Å². The van der Waals surface area contributed by atoms with E-state index in [0.717, 1.165) is 56.5 Å². The molecule has 0 bridgehead atoms. The van der Waals surface area contributed by atoms with Crippen molar-refractivity contribution in [2.45, 2.75) is 43.6 Å². The number of hydrogen-bond donors (Lipinski definition) is 2. The molecule has 1 aliphatic heterocycles.